The van der Waals surface area contributed by atoms with Crippen LogP contribution >= 0.6 is 0 Å². The van der Waals surface area contributed by atoms with Gasteiger partial charge in [0.1, 0.15) is 23.6 Å². The van der Waals surface area contributed by atoms with Gasteiger partial charge in [-0.25, -0.2) is 4.39 Å². The molecule has 0 aromatic rings. The van der Waals surface area contributed by atoms with Gasteiger partial charge in [0.15, 0.2) is 11.6 Å². The first-order valence-electron chi connectivity index (χ1n) is 10.2. The van der Waals surface area contributed by atoms with Crippen LogP contribution in [0.4, 0.5) is 4.39 Å². The van der Waals surface area contributed by atoms with E-state index in [0.717, 1.165) is 6.08 Å². The molecule has 5 nitrogen and oxygen atoms in total. The summed E-state index contributed by atoms with van der Waals surface area (Å²) in [7, 11) is 0. The Morgan fingerprint density at radius 1 is 1.25 bits per heavy atom. The summed E-state index contributed by atoms with van der Waals surface area (Å²) in [6.45, 7) is 4.59. The number of fused-ring (bicyclic) bond motifs is 5. The molecule has 3 saturated carbocycles. The summed E-state index contributed by atoms with van der Waals surface area (Å²) < 4.78 is 16.8. The number of carbonyl (C=O) groups is 2. The van der Waals surface area contributed by atoms with E-state index < -0.39 is 40.4 Å². The Balaban J connectivity index is 1.81. The van der Waals surface area contributed by atoms with Crippen LogP contribution in [0.5, 0.6) is 0 Å². The van der Waals surface area contributed by atoms with Gasteiger partial charge < -0.3 is 15.3 Å². The molecule has 0 radical (unpaired) electrons. The first-order chi connectivity index (χ1) is 13.0. The number of aliphatic hydroxyl groups excluding tert-OH is 2. The van der Waals surface area contributed by atoms with Crippen molar-refractivity contribution in [3.63, 3.8) is 0 Å². The van der Waals surface area contributed by atoms with Crippen molar-refractivity contribution < 1.29 is 29.3 Å². The van der Waals surface area contributed by atoms with Crippen molar-refractivity contribution >= 4 is 11.6 Å². The van der Waals surface area contributed by atoms with Crippen molar-refractivity contribution in [1.82, 2.24) is 0 Å². The molecule has 4 aliphatic carbocycles. The van der Waals surface area contributed by atoms with Crippen LogP contribution in [0.2, 0.25) is 0 Å². The van der Waals surface area contributed by atoms with Crippen LogP contribution in [0.3, 0.4) is 0 Å². The van der Waals surface area contributed by atoms with Crippen LogP contribution in [0.25, 0.3) is 0 Å². The van der Waals surface area contributed by atoms with Gasteiger partial charge in [-0.15, -0.1) is 0 Å². The van der Waals surface area contributed by atoms with Crippen molar-refractivity contribution in [2.45, 2.75) is 64.1 Å². The number of allylic oxidation sites excluding steroid dienone is 3. The van der Waals surface area contributed by atoms with E-state index in [4.69, 9.17) is 0 Å². The Labute approximate surface area is 164 Å². The number of hydrogen-bond acceptors (Lipinski definition) is 5. The van der Waals surface area contributed by atoms with Crippen LogP contribution < -0.4 is 0 Å². The predicted molar refractivity (Wildman–Crippen MR) is 100 cm³/mol. The average molecular weight is 392 g/mol. The second-order valence-corrected chi connectivity index (χ2v) is 9.74. The van der Waals surface area contributed by atoms with Crippen LogP contribution in [0.1, 0.15) is 52.9 Å². The number of ketones is 2. The highest BCUT2D eigenvalue weighted by Crippen LogP contribution is 2.71. The van der Waals surface area contributed by atoms with Gasteiger partial charge in [0, 0.05) is 11.5 Å². The van der Waals surface area contributed by atoms with Crippen molar-refractivity contribution in [3.05, 3.63) is 23.5 Å². The summed E-state index contributed by atoms with van der Waals surface area (Å²) in [6.07, 6.45) is 4.43. The van der Waals surface area contributed by atoms with E-state index in [1.165, 1.54) is 6.08 Å². The fourth-order valence-electron chi connectivity index (χ4n) is 7.27. The van der Waals surface area contributed by atoms with Gasteiger partial charge in [-0.3, -0.25) is 9.59 Å². The largest absolute Gasteiger partial charge is 0.511 e. The van der Waals surface area contributed by atoms with Crippen LogP contribution in [-0.2, 0) is 9.59 Å². The summed E-state index contributed by atoms with van der Waals surface area (Å²) >= 11 is 0. The molecule has 0 aliphatic heterocycles. The third-order valence-electron chi connectivity index (χ3n) is 8.97. The van der Waals surface area contributed by atoms with E-state index in [-0.39, 0.29) is 36.2 Å². The van der Waals surface area contributed by atoms with Gasteiger partial charge in [-0.05, 0) is 68.4 Å². The molecule has 0 aromatic carbocycles. The molecule has 3 N–H and O–H groups in total. The molecule has 6 heteroatoms. The highest BCUT2D eigenvalue weighted by Gasteiger charge is 2.73. The summed E-state index contributed by atoms with van der Waals surface area (Å²) in [5, 5.41) is 31.5. The number of alkyl halides is 1. The molecule has 3 fully saturated rings. The lowest BCUT2D eigenvalue weighted by molar-refractivity contribution is -0.186. The van der Waals surface area contributed by atoms with Crippen molar-refractivity contribution in [1.29, 1.82) is 0 Å². The summed E-state index contributed by atoms with van der Waals surface area (Å²) in [5.41, 5.74) is -4.88. The van der Waals surface area contributed by atoms with Crippen LogP contribution in [0, 0.1) is 28.6 Å². The van der Waals surface area contributed by atoms with Gasteiger partial charge in [0.25, 0.3) is 0 Å². The fraction of sp³-hybridized carbons (Fsp3) is 0.727. The minimum Gasteiger partial charge on any atom is -0.511 e. The van der Waals surface area contributed by atoms with E-state index in [1.54, 1.807) is 13.8 Å². The van der Waals surface area contributed by atoms with E-state index >= 15 is 4.39 Å². The third-order valence-corrected chi connectivity index (χ3v) is 8.97. The van der Waals surface area contributed by atoms with Crippen molar-refractivity contribution in [2.75, 3.05) is 6.61 Å². The van der Waals surface area contributed by atoms with E-state index in [2.05, 4.69) is 0 Å². The molecule has 0 aromatic heterocycles. The maximum absolute atomic E-state index is 16.8. The number of Topliss-reactive ketones (excluding diaryl/α,β-unsaturated/α-hetero) is 1. The molecule has 4 rings (SSSR count). The second kappa shape index (κ2) is 5.76. The molecule has 0 amide bonds. The molecule has 28 heavy (non-hydrogen) atoms. The first-order valence-corrected chi connectivity index (χ1v) is 10.2. The standard InChI is InChI=1S/C22H29FO5/c1-12-8-16-15-5-4-13-9-14(25)10-17(26)20(13,3)21(15,23)7-6-19(16,2)22(12,28)18(27)11-24/h9-10,12,15-16,24,26,28H,4-8,11H2,1-3H3/t12-,15+,16+,19+,20?,21?,22+/m1/s1. The molecular formula is C22H29FO5. The minimum absolute atomic E-state index is 0.0817. The normalized spacial score (nSPS) is 50.2. The zero-order valence-electron chi connectivity index (χ0n) is 16.7. The monoisotopic (exact) mass is 392 g/mol. The summed E-state index contributed by atoms with van der Waals surface area (Å²) in [5.74, 6) is -2.20. The predicted octanol–water partition coefficient (Wildman–Crippen LogP) is 2.81. The molecule has 0 saturated heterocycles. The maximum Gasteiger partial charge on any atom is 0.190 e. The minimum atomic E-state index is -1.75. The molecule has 154 valence electrons. The summed E-state index contributed by atoms with van der Waals surface area (Å²) in [4.78, 5) is 24.4. The smallest absolute Gasteiger partial charge is 0.190 e. The highest BCUT2D eigenvalue weighted by atomic mass is 19.1. The zero-order chi connectivity index (χ0) is 20.7. The van der Waals surface area contributed by atoms with E-state index in [1.807, 2.05) is 6.92 Å². The second-order valence-electron chi connectivity index (χ2n) is 9.74. The molecule has 7 atom stereocenters. The zero-order valence-corrected chi connectivity index (χ0v) is 16.7. The lowest BCUT2D eigenvalue weighted by atomic mass is 9.45. The Morgan fingerprint density at radius 2 is 1.93 bits per heavy atom. The molecule has 0 spiro atoms. The molecule has 0 bridgehead atoms. The van der Waals surface area contributed by atoms with E-state index in [0.29, 0.717) is 24.8 Å². The Morgan fingerprint density at radius 3 is 2.57 bits per heavy atom. The quantitative estimate of drug-likeness (QED) is 0.672. The van der Waals surface area contributed by atoms with Gasteiger partial charge in [-0.1, -0.05) is 13.8 Å². The van der Waals surface area contributed by atoms with Gasteiger partial charge in [-0.2, -0.15) is 0 Å². The number of hydrogen-bond donors (Lipinski definition) is 3. The molecular weight excluding hydrogens is 363 g/mol. The molecule has 0 heterocycles. The van der Waals surface area contributed by atoms with Gasteiger partial charge in [0.2, 0.25) is 0 Å². The van der Waals surface area contributed by atoms with Crippen molar-refractivity contribution in [2.24, 2.45) is 28.6 Å². The number of halogens is 1. The number of carbonyl (C=O) groups excluding carboxylic acids is 2. The van der Waals surface area contributed by atoms with E-state index in [9.17, 15) is 24.9 Å². The number of aliphatic hydroxyl groups is 3. The first kappa shape index (κ1) is 19.8. The lowest BCUT2D eigenvalue weighted by Crippen LogP contribution is -2.64. The topological polar surface area (TPSA) is 94.8 Å². The van der Waals surface area contributed by atoms with Gasteiger partial charge >= 0.3 is 0 Å². The SMILES string of the molecule is C[C@@H]1C[C@H]2[C@@H]3CCC4=CC(=O)C=C(O)C4(C)C3(F)CC[C@]2(C)[C@@]1(O)C(=O)CO. The highest BCUT2D eigenvalue weighted by molar-refractivity contribution is 6.01. The lowest BCUT2D eigenvalue weighted by Gasteiger charge is -2.61. The Hall–Kier alpha value is -1.53. The Bertz CT molecular complexity index is 818. The van der Waals surface area contributed by atoms with Gasteiger partial charge in [0.05, 0.1) is 5.41 Å². The molecule has 4 aliphatic rings. The maximum atomic E-state index is 16.8. The number of rotatable bonds is 2. The van der Waals surface area contributed by atoms with Crippen LogP contribution in [0.15, 0.2) is 23.5 Å². The van der Waals surface area contributed by atoms with Crippen LogP contribution in [-0.4, -0.2) is 44.8 Å². The fourth-order valence-corrected chi connectivity index (χ4v) is 7.27. The Kier molecular flexibility index (Phi) is 4.07. The van der Waals surface area contributed by atoms with Crippen molar-refractivity contribution in [3.8, 4) is 0 Å². The average Bonchev–Trinajstić information content (AvgIpc) is 2.85. The summed E-state index contributed by atoms with van der Waals surface area (Å²) in [6, 6.07) is 0. The third kappa shape index (κ3) is 1.98. The molecule has 2 unspecified atom stereocenters.